The van der Waals surface area contributed by atoms with E-state index in [1.54, 1.807) is 11.8 Å². The lowest BCUT2D eigenvalue weighted by molar-refractivity contribution is -0.117. The van der Waals surface area contributed by atoms with E-state index in [-0.39, 0.29) is 23.6 Å². The smallest absolute Gasteiger partial charge is 0.248 e. The lowest BCUT2D eigenvalue weighted by Crippen LogP contribution is -2.30. The van der Waals surface area contributed by atoms with E-state index in [9.17, 15) is 14.4 Å². The molecule has 3 amide bonds. The topological polar surface area (TPSA) is 119 Å². The molecule has 0 fully saturated rings. The molecule has 5 N–H and O–H groups in total. The van der Waals surface area contributed by atoms with Gasteiger partial charge in [0, 0.05) is 28.3 Å². The normalized spacial score (nSPS) is 10.6. The lowest BCUT2D eigenvalue weighted by atomic mass is 10.1. The molecule has 0 spiro atoms. The van der Waals surface area contributed by atoms with Crippen molar-refractivity contribution in [1.29, 1.82) is 0 Å². The summed E-state index contributed by atoms with van der Waals surface area (Å²) in [5.74, 6) is -1.70. The van der Waals surface area contributed by atoms with Gasteiger partial charge in [0.15, 0.2) is 0 Å². The molecular formula is C19H22N4O3S. The third-order valence-electron chi connectivity index (χ3n) is 3.81. The second-order valence-corrected chi connectivity index (χ2v) is 6.98. The van der Waals surface area contributed by atoms with E-state index in [0.29, 0.717) is 12.2 Å². The van der Waals surface area contributed by atoms with Gasteiger partial charge in [-0.25, -0.2) is 0 Å². The summed E-state index contributed by atoms with van der Waals surface area (Å²) in [6, 6.07) is 12.2. The number of anilines is 1. The van der Waals surface area contributed by atoms with Crippen LogP contribution in [0, 0.1) is 0 Å². The van der Waals surface area contributed by atoms with Crippen molar-refractivity contribution in [2.24, 2.45) is 11.5 Å². The fraction of sp³-hybridized carbons (Fsp3) is 0.211. The molecule has 2 aromatic rings. The average molecular weight is 386 g/mol. The standard InChI is InChI=1S/C19H22N4O3S/c1-23(10-12-3-5-16(27-2)6-4-12)11-17(24)22-15-8-13(18(20)25)7-14(9-15)19(21)26/h3-9H,10-11H2,1-2H3,(H2,20,25)(H2,21,26)(H,22,24). The Morgan fingerprint density at radius 3 is 2.04 bits per heavy atom. The summed E-state index contributed by atoms with van der Waals surface area (Å²) in [5, 5.41) is 2.67. The third-order valence-corrected chi connectivity index (χ3v) is 4.55. The molecule has 0 atom stereocenters. The summed E-state index contributed by atoms with van der Waals surface area (Å²) >= 11 is 1.67. The molecule has 27 heavy (non-hydrogen) atoms. The third kappa shape index (κ3) is 6.12. The number of nitrogens with one attached hydrogen (secondary N) is 1. The predicted octanol–water partition coefficient (Wildman–Crippen LogP) is 1.68. The van der Waals surface area contributed by atoms with Crippen LogP contribution in [0.4, 0.5) is 5.69 Å². The quantitative estimate of drug-likeness (QED) is 0.597. The van der Waals surface area contributed by atoms with Crippen LogP contribution in [0.3, 0.4) is 0 Å². The number of carbonyl (C=O) groups excluding carboxylic acids is 3. The Hall–Kier alpha value is -2.84. The summed E-state index contributed by atoms with van der Waals surface area (Å²) in [6.07, 6.45) is 2.02. The monoisotopic (exact) mass is 386 g/mol. The number of carbonyl (C=O) groups is 3. The number of thioether (sulfide) groups is 1. The van der Waals surface area contributed by atoms with Crippen molar-refractivity contribution in [3.8, 4) is 0 Å². The molecule has 0 aliphatic carbocycles. The van der Waals surface area contributed by atoms with E-state index in [0.717, 1.165) is 5.56 Å². The van der Waals surface area contributed by atoms with Crippen LogP contribution in [0.15, 0.2) is 47.4 Å². The molecule has 0 unspecified atom stereocenters. The van der Waals surface area contributed by atoms with Gasteiger partial charge < -0.3 is 16.8 Å². The molecule has 0 aliphatic rings. The molecule has 0 heterocycles. The minimum atomic E-state index is -0.709. The van der Waals surface area contributed by atoms with Crippen molar-refractivity contribution < 1.29 is 14.4 Å². The Balaban J connectivity index is 2.01. The number of amides is 3. The summed E-state index contributed by atoms with van der Waals surface area (Å²) in [4.78, 5) is 38.1. The average Bonchev–Trinajstić information content (AvgIpc) is 2.61. The van der Waals surface area contributed by atoms with Gasteiger partial charge in [-0.15, -0.1) is 11.8 Å². The summed E-state index contributed by atoms with van der Waals surface area (Å²) in [6.45, 7) is 0.743. The molecule has 0 bridgehead atoms. The van der Waals surface area contributed by atoms with Crippen molar-refractivity contribution in [2.45, 2.75) is 11.4 Å². The van der Waals surface area contributed by atoms with Crippen molar-refractivity contribution in [2.75, 3.05) is 25.2 Å². The fourth-order valence-corrected chi connectivity index (χ4v) is 2.94. The van der Waals surface area contributed by atoms with Crippen LogP contribution in [-0.4, -0.2) is 42.5 Å². The molecule has 0 saturated carbocycles. The molecule has 0 aromatic heterocycles. The Morgan fingerprint density at radius 1 is 1.00 bits per heavy atom. The van der Waals surface area contributed by atoms with Gasteiger partial charge >= 0.3 is 0 Å². The van der Waals surface area contributed by atoms with E-state index in [2.05, 4.69) is 5.32 Å². The van der Waals surface area contributed by atoms with Gasteiger partial charge in [0.2, 0.25) is 17.7 Å². The molecule has 2 rings (SSSR count). The number of nitrogens with two attached hydrogens (primary N) is 2. The van der Waals surface area contributed by atoms with Crippen LogP contribution < -0.4 is 16.8 Å². The van der Waals surface area contributed by atoms with Crippen LogP contribution >= 0.6 is 11.8 Å². The highest BCUT2D eigenvalue weighted by atomic mass is 32.2. The SMILES string of the molecule is CSc1ccc(CN(C)CC(=O)Nc2cc(C(N)=O)cc(C(N)=O)c2)cc1. The molecule has 0 radical (unpaired) electrons. The number of benzene rings is 2. The predicted molar refractivity (Wildman–Crippen MR) is 107 cm³/mol. The zero-order valence-corrected chi connectivity index (χ0v) is 16.0. The van der Waals surface area contributed by atoms with Crippen LogP contribution in [0.5, 0.6) is 0 Å². The van der Waals surface area contributed by atoms with Gasteiger partial charge in [-0.1, -0.05) is 12.1 Å². The van der Waals surface area contributed by atoms with Crippen LogP contribution in [0.25, 0.3) is 0 Å². The van der Waals surface area contributed by atoms with Gasteiger partial charge in [-0.2, -0.15) is 0 Å². The van der Waals surface area contributed by atoms with Crippen LogP contribution in [0.1, 0.15) is 26.3 Å². The van der Waals surface area contributed by atoms with E-state index in [1.807, 2.05) is 42.5 Å². The summed E-state index contributed by atoms with van der Waals surface area (Å²) in [7, 11) is 1.83. The molecular weight excluding hydrogens is 364 g/mol. The van der Waals surface area contributed by atoms with Crippen molar-refractivity contribution in [3.05, 3.63) is 59.2 Å². The number of hydrogen-bond acceptors (Lipinski definition) is 5. The molecule has 2 aromatic carbocycles. The lowest BCUT2D eigenvalue weighted by Gasteiger charge is -2.17. The minimum absolute atomic E-state index is 0.101. The Kier molecular flexibility index (Phi) is 6.98. The Morgan fingerprint density at radius 2 is 1.56 bits per heavy atom. The van der Waals surface area contributed by atoms with Crippen LogP contribution in [0.2, 0.25) is 0 Å². The first-order valence-electron chi connectivity index (χ1n) is 8.14. The Bertz CT molecular complexity index is 820. The maximum Gasteiger partial charge on any atom is 0.248 e. The molecule has 0 saturated heterocycles. The van der Waals surface area contributed by atoms with Gasteiger partial charge in [0.25, 0.3) is 0 Å². The first kappa shape index (κ1) is 20.5. The maximum absolute atomic E-state index is 12.3. The molecule has 142 valence electrons. The van der Waals surface area contributed by atoms with Crippen LogP contribution in [-0.2, 0) is 11.3 Å². The van der Waals surface area contributed by atoms with E-state index in [1.165, 1.54) is 23.1 Å². The first-order valence-corrected chi connectivity index (χ1v) is 9.37. The number of rotatable bonds is 8. The van der Waals surface area contributed by atoms with Crippen molar-refractivity contribution in [1.82, 2.24) is 4.90 Å². The first-order chi connectivity index (χ1) is 12.8. The summed E-state index contributed by atoms with van der Waals surface area (Å²) in [5.41, 5.74) is 12.1. The van der Waals surface area contributed by atoms with E-state index >= 15 is 0 Å². The number of nitrogens with zero attached hydrogens (tertiary/aromatic N) is 1. The van der Waals surface area contributed by atoms with Gasteiger partial charge in [-0.3, -0.25) is 19.3 Å². The highest BCUT2D eigenvalue weighted by molar-refractivity contribution is 7.98. The molecule has 8 heteroatoms. The van der Waals surface area contributed by atoms with Gasteiger partial charge in [-0.05, 0) is 49.2 Å². The largest absolute Gasteiger partial charge is 0.366 e. The second kappa shape index (κ2) is 9.20. The van der Waals surface area contributed by atoms with E-state index < -0.39 is 11.8 Å². The number of hydrogen-bond donors (Lipinski definition) is 3. The highest BCUT2D eigenvalue weighted by Gasteiger charge is 2.12. The maximum atomic E-state index is 12.3. The molecule has 0 aliphatic heterocycles. The fourth-order valence-electron chi connectivity index (χ4n) is 2.53. The zero-order valence-electron chi connectivity index (χ0n) is 15.2. The molecule has 7 nitrogen and oxygen atoms in total. The summed E-state index contributed by atoms with van der Waals surface area (Å²) < 4.78 is 0. The van der Waals surface area contributed by atoms with E-state index in [4.69, 9.17) is 11.5 Å². The van der Waals surface area contributed by atoms with Crippen molar-refractivity contribution >= 4 is 35.2 Å². The van der Waals surface area contributed by atoms with Gasteiger partial charge in [0.05, 0.1) is 6.54 Å². The van der Waals surface area contributed by atoms with Gasteiger partial charge in [0.1, 0.15) is 0 Å². The number of likely N-dealkylation sites (N-methyl/N-ethyl adjacent to an activating group) is 1. The second-order valence-electron chi connectivity index (χ2n) is 6.10. The minimum Gasteiger partial charge on any atom is -0.366 e. The highest BCUT2D eigenvalue weighted by Crippen LogP contribution is 2.16. The van der Waals surface area contributed by atoms with Crippen molar-refractivity contribution in [3.63, 3.8) is 0 Å². The Labute approximate surface area is 162 Å². The zero-order chi connectivity index (χ0) is 20.0. The number of primary amides is 2.